The highest BCUT2D eigenvalue weighted by Crippen LogP contribution is 2.37. The summed E-state index contributed by atoms with van der Waals surface area (Å²) >= 11 is 1.71. The smallest absolute Gasteiger partial charge is 0.191 e. The predicted molar refractivity (Wildman–Crippen MR) is 83.0 cm³/mol. The lowest BCUT2D eigenvalue weighted by atomic mass is 9.74. The minimum Gasteiger partial charge on any atom is -0.317 e. The van der Waals surface area contributed by atoms with E-state index in [9.17, 15) is 0 Å². The van der Waals surface area contributed by atoms with Gasteiger partial charge in [-0.3, -0.25) is 4.68 Å². The van der Waals surface area contributed by atoms with Crippen LogP contribution in [0.15, 0.2) is 17.5 Å². The Bertz CT molecular complexity index is 547. The van der Waals surface area contributed by atoms with Crippen LogP contribution >= 0.6 is 11.3 Å². The lowest BCUT2D eigenvalue weighted by Gasteiger charge is -2.36. The number of piperidine rings is 1. The van der Waals surface area contributed by atoms with E-state index in [1.165, 1.54) is 18.7 Å². The Hall–Kier alpha value is -1.20. The van der Waals surface area contributed by atoms with Gasteiger partial charge in [0.25, 0.3) is 0 Å². The van der Waals surface area contributed by atoms with Crippen LogP contribution in [-0.4, -0.2) is 27.9 Å². The van der Waals surface area contributed by atoms with Gasteiger partial charge in [0.15, 0.2) is 5.82 Å². The minimum absolute atomic E-state index is 0.206. The number of hydrogen-bond acceptors (Lipinski definition) is 4. The van der Waals surface area contributed by atoms with E-state index < -0.39 is 0 Å². The molecule has 3 rings (SSSR count). The Kier molecular flexibility index (Phi) is 3.89. The summed E-state index contributed by atoms with van der Waals surface area (Å²) < 4.78 is 2.01. The summed E-state index contributed by atoms with van der Waals surface area (Å²) in [5.41, 5.74) is 0.206. The summed E-state index contributed by atoms with van der Waals surface area (Å²) in [6.07, 6.45) is 4.72. The van der Waals surface area contributed by atoms with Crippen molar-refractivity contribution < 1.29 is 0 Å². The molecule has 0 spiro atoms. The van der Waals surface area contributed by atoms with E-state index in [-0.39, 0.29) is 5.41 Å². The van der Waals surface area contributed by atoms with Gasteiger partial charge in [0.2, 0.25) is 0 Å². The van der Waals surface area contributed by atoms with Crippen LogP contribution in [-0.2, 0) is 12.5 Å². The predicted octanol–water partition coefficient (Wildman–Crippen LogP) is 2.96. The molecule has 0 atom stereocenters. The first kappa shape index (κ1) is 13.8. The van der Waals surface area contributed by atoms with Crippen molar-refractivity contribution in [2.24, 2.45) is 7.05 Å². The fraction of sp³-hybridized carbons (Fsp3) is 0.600. The summed E-state index contributed by atoms with van der Waals surface area (Å²) in [5.74, 6) is 2.05. The van der Waals surface area contributed by atoms with Gasteiger partial charge in [0.05, 0.1) is 4.88 Å². The lowest BCUT2D eigenvalue weighted by Crippen LogP contribution is -2.41. The normalized spacial score (nSPS) is 18.3. The molecule has 4 nitrogen and oxygen atoms in total. The van der Waals surface area contributed by atoms with E-state index in [0.29, 0.717) is 0 Å². The average molecular weight is 290 g/mol. The number of nitrogens with zero attached hydrogens (tertiary/aromatic N) is 3. The molecule has 20 heavy (non-hydrogen) atoms. The van der Waals surface area contributed by atoms with Crippen LogP contribution < -0.4 is 5.32 Å². The average Bonchev–Trinajstić information content (AvgIpc) is 3.09. The summed E-state index contributed by atoms with van der Waals surface area (Å²) in [7, 11) is 2.04. The van der Waals surface area contributed by atoms with Crippen molar-refractivity contribution in [3.8, 4) is 10.7 Å². The second-order valence-electron chi connectivity index (χ2n) is 5.64. The van der Waals surface area contributed by atoms with Crippen LogP contribution in [0.25, 0.3) is 10.7 Å². The SMILES string of the molecule is CCCC1(c2nc(-c3cccs3)nn2C)CCNCC1. The zero-order chi connectivity index (χ0) is 14.0. The molecule has 0 unspecified atom stereocenters. The van der Waals surface area contributed by atoms with Gasteiger partial charge in [-0.25, -0.2) is 4.98 Å². The van der Waals surface area contributed by atoms with Crippen LogP contribution in [0.5, 0.6) is 0 Å². The van der Waals surface area contributed by atoms with Crippen LogP contribution in [0.4, 0.5) is 0 Å². The number of rotatable bonds is 4. The number of aryl methyl sites for hydroxylation is 1. The standard InChI is InChI=1S/C15H22N4S/c1-3-6-15(7-9-16-10-8-15)14-17-13(18-19(14)2)12-5-4-11-20-12/h4-5,11,16H,3,6-10H2,1-2H3. The zero-order valence-corrected chi connectivity index (χ0v) is 13.0. The van der Waals surface area contributed by atoms with Crippen molar-refractivity contribution in [3.05, 3.63) is 23.3 Å². The first-order valence-corrected chi connectivity index (χ1v) is 8.29. The van der Waals surface area contributed by atoms with Crippen LogP contribution in [0.2, 0.25) is 0 Å². The van der Waals surface area contributed by atoms with E-state index in [1.807, 2.05) is 11.7 Å². The maximum absolute atomic E-state index is 4.90. The number of nitrogens with one attached hydrogen (secondary N) is 1. The molecule has 0 saturated carbocycles. The highest BCUT2D eigenvalue weighted by atomic mass is 32.1. The van der Waals surface area contributed by atoms with Crippen molar-refractivity contribution in [3.63, 3.8) is 0 Å². The quantitative estimate of drug-likeness (QED) is 0.941. The molecule has 0 amide bonds. The van der Waals surface area contributed by atoms with Gasteiger partial charge in [0.1, 0.15) is 5.82 Å². The molecule has 3 heterocycles. The fourth-order valence-electron chi connectivity index (χ4n) is 3.33. The Morgan fingerprint density at radius 2 is 2.20 bits per heavy atom. The summed E-state index contributed by atoms with van der Waals surface area (Å²) in [6.45, 7) is 4.43. The van der Waals surface area contributed by atoms with Crippen LogP contribution in [0.1, 0.15) is 38.4 Å². The van der Waals surface area contributed by atoms with Gasteiger partial charge in [-0.1, -0.05) is 19.4 Å². The van der Waals surface area contributed by atoms with Crippen molar-refractivity contribution in [1.82, 2.24) is 20.1 Å². The maximum atomic E-state index is 4.90. The van der Waals surface area contributed by atoms with Gasteiger partial charge in [-0.15, -0.1) is 11.3 Å². The molecular weight excluding hydrogens is 268 g/mol. The van der Waals surface area contributed by atoms with E-state index in [0.717, 1.165) is 36.6 Å². The van der Waals surface area contributed by atoms with Gasteiger partial charge in [0, 0.05) is 12.5 Å². The third-order valence-electron chi connectivity index (χ3n) is 4.27. The maximum Gasteiger partial charge on any atom is 0.191 e. The third-order valence-corrected chi connectivity index (χ3v) is 5.13. The molecule has 108 valence electrons. The van der Waals surface area contributed by atoms with Crippen molar-refractivity contribution in [1.29, 1.82) is 0 Å². The Morgan fingerprint density at radius 1 is 1.40 bits per heavy atom. The first-order chi connectivity index (χ1) is 9.75. The Morgan fingerprint density at radius 3 is 2.85 bits per heavy atom. The highest BCUT2D eigenvalue weighted by Gasteiger charge is 2.37. The number of hydrogen-bond donors (Lipinski definition) is 1. The van der Waals surface area contributed by atoms with Crippen molar-refractivity contribution in [2.45, 2.75) is 38.0 Å². The van der Waals surface area contributed by atoms with E-state index >= 15 is 0 Å². The second-order valence-corrected chi connectivity index (χ2v) is 6.59. The molecular formula is C15H22N4S. The molecule has 2 aromatic rings. The molecule has 1 aliphatic rings. The Labute approximate surface area is 124 Å². The summed E-state index contributed by atoms with van der Waals surface area (Å²) in [6, 6.07) is 4.15. The largest absolute Gasteiger partial charge is 0.317 e. The van der Waals surface area contributed by atoms with Crippen LogP contribution in [0.3, 0.4) is 0 Å². The van der Waals surface area contributed by atoms with Crippen molar-refractivity contribution in [2.75, 3.05) is 13.1 Å². The lowest BCUT2D eigenvalue weighted by molar-refractivity contribution is 0.262. The first-order valence-electron chi connectivity index (χ1n) is 7.41. The van der Waals surface area contributed by atoms with Gasteiger partial charge >= 0.3 is 0 Å². The zero-order valence-electron chi connectivity index (χ0n) is 12.2. The van der Waals surface area contributed by atoms with Gasteiger partial charge < -0.3 is 5.32 Å². The minimum atomic E-state index is 0.206. The molecule has 1 N–H and O–H groups in total. The molecule has 0 bridgehead atoms. The second kappa shape index (κ2) is 5.66. The monoisotopic (exact) mass is 290 g/mol. The Balaban J connectivity index is 1.99. The summed E-state index contributed by atoms with van der Waals surface area (Å²) in [4.78, 5) is 6.06. The van der Waals surface area contributed by atoms with Crippen molar-refractivity contribution >= 4 is 11.3 Å². The van der Waals surface area contributed by atoms with E-state index in [4.69, 9.17) is 4.98 Å². The third kappa shape index (κ3) is 2.40. The molecule has 0 radical (unpaired) electrons. The van der Waals surface area contributed by atoms with Gasteiger partial charge in [-0.2, -0.15) is 5.10 Å². The topological polar surface area (TPSA) is 42.7 Å². The van der Waals surface area contributed by atoms with E-state index in [1.54, 1.807) is 11.3 Å². The van der Waals surface area contributed by atoms with E-state index in [2.05, 4.69) is 34.9 Å². The molecule has 1 aliphatic heterocycles. The van der Waals surface area contributed by atoms with Crippen LogP contribution in [0, 0.1) is 0 Å². The molecule has 5 heteroatoms. The highest BCUT2D eigenvalue weighted by molar-refractivity contribution is 7.13. The molecule has 2 aromatic heterocycles. The fourth-order valence-corrected chi connectivity index (χ4v) is 3.98. The number of aromatic nitrogens is 3. The molecule has 1 fully saturated rings. The number of thiophene rings is 1. The molecule has 0 aromatic carbocycles. The molecule has 0 aliphatic carbocycles. The molecule has 1 saturated heterocycles. The summed E-state index contributed by atoms with van der Waals surface area (Å²) in [5, 5.41) is 10.2. The van der Waals surface area contributed by atoms with Gasteiger partial charge in [-0.05, 0) is 43.8 Å².